The average Bonchev–Trinajstić information content (AvgIpc) is 2.35. The summed E-state index contributed by atoms with van der Waals surface area (Å²) in [5, 5.41) is 3.19. The highest BCUT2D eigenvalue weighted by molar-refractivity contribution is 6.32. The summed E-state index contributed by atoms with van der Waals surface area (Å²) in [7, 11) is 3.19. The number of benzene rings is 1. The highest BCUT2D eigenvalue weighted by Gasteiger charge is 2.27. The molecule has 0 heterocycles. The lowest BCUT2D eigenvalue weighted by molar-refractivity contribution is -0.186. The molecule has 1 aromatic rings. The van der Waals surface area contributed by atoms with Crippen LogP contribution in [0.1, 0.15) is 5.56 Å². The standard InChI is InChI=1S/C12H15ClF3NO3/c1-17-5-8-3-9(13)11(10(4-8)18-2)20-7-19-6-12(14,15)16/h3-4,17H,5-7H2,1-2H3. The third kappa shape index (κ3) is 5.44. The van der Waals surface area contributed by atoms with Gasteiger partial charge in [-0.2, -0.15) is 13.2 Å². The predicted octanol–water partition coefficient (Wildman–Crippen LogP) is 2.98. The zero-order chi connectivity index (χ0) is 15.2. The Morgan fingerprint density at radius 1 is 1.30 bits per heavy atom. The van der Waals surface area contributed by atoms with E-state index in [0.29, 0.717) is 12.3 Å². The van der Waals surface area contributed by atoms with Gasteiger partial charge in [0.15, 0.2) is 18.3 Å². The number of methoxy groups -OCH3 is 1. The number of hydrogen-bond donors (Lipinski definition) is 1. The maximum absolute atomic E-state index is 11.9. The van der Waals surface area contributed by atoms with E-state index < -0.39 is 19.6 Å². The molecule has 0 bridgehead atoms. The molecule has 0 aromatic heterocycles. The van der Waals surface area contributed by atoms with Crippen molar-refractivity contribution >= 4 is 11.6 Å². The first kappa shape index (κ1) is 16.9. The van der Waals surface area contributed by atoms with Crippen LogP contribution in [0.25, 0.3) is 0 Å². The fraction of sp³-hybridized carbons (Fsp3) is 0.500. The van der Waals surface area contributed by atoms with Crippen LogP contribution in [-0.2, 0) is 11.3 Å². The van der Waals surface area contributed by atoms with Crippen molar-refractivity contribution in [2.45, 2.75) is 12.7 Å². The van der Waals surface area contributed by atoms with Crippen LogP contribution in [0, 0.1) is 0 Å². The lowest BCUT2D eigenvalue weighted by Gasteiger charge is -2.14. The quantitative estimate of drug-likeness (QED) is 0.620. The lowest BCUT2D eigenvalue weighted by atomic mass is 10.2. The van der Waals surface area contributed by atoms with Crippen molar-refractivity contribution in [1.82, 2.24) is 5.32 Å². The summed E-state index contributed by atoms with van der Waals surface area (Å²) < 4.78 is 50.3. The van der Waals surface area contributed by atoms with E-state index in [4.69, 9.17) is 21.1 Å². The third-order valence-corrected chi connectivity index (χ3v) is 2.50. The molecular weight excluding hydrogens is 299 g/mol. The van der Waals surface area contributed by atoms with Crippen molar-refractivity contribution in [3.05, 3.63) is 22.7 Å². The molecule has 0 spiro atoms. The minimum absolute atomic E-state index is 0.149. The Kier molecular flexibility index (Phi) is 6.38. The van der Waals surface area contributed by atoms with Crippen molar-refractivity contribution in [3.8, 4) is 11.5 Å². The number of alkyl halides is 3. The molecule has 0 fully saturated rings. The third-order valence-electron chi connectivity index (χ3n) is 2.22. The summed E-state index contributed by atoms with van der Waals surface area (Å²) in [6, 6.07) is 3.32. The second-order valence-corrected chi connectivity index (χ2v) is 4.27. The first-order chi connectivity index (χ1) is 9.37. The Morgan fingerprint density at radius 2 is 2.00 bits per heavy atom. The largest absolute Gasteiger partial charge is 0.493 e. The highest BCUT2D eigenvalue weighted by Crippen LogP contribution is 2.36. The molecule has 0 unspecified atom stereocenters. The van der Waals surface area contributed by atoms with E-state index in [0.717, 1.165) is 5.56 Å². The van der Waals surface area contributed by atoms with E-state index in [1.807, 2.05) is 0 Å². The minimum atomic E-state index is -4.39. The van der Waals surface area contributed by atoms with Gasteiger partial charge in [0, 0.05) is 6.54 Å². The van der Waals surface area contributed by atoms with E-state index >= 15 is 0 Å². The van der Waals surface area contributed by atoms with Crippen molar-refractivity contribution in [1.29, 1.82) is 0 Å². The monoisotopic (exact) mass is 313 g/mol. The molecule has 1 aromatic carbocycles. The molecule has 0 atom stereocenters. The Balaban J connectivity index is 2.69. The second kappa shape index (κ2) is 7.56. The van der Waals surface area contributed by atoms with E-state index in [2.05, 4.69) is 10.1 Å². The van der Waals surface area contributed by atoms with Gasteiger partial charge < -0.3 is 19.5 Å². The fourth-order valence-corrected chi connectivity index (χ4v) is 1.77. The normalized spacial score (nSPS) is 11.5. The van der Waals surface area contributed by atoms with Gasteiger partial charge >= 0.3 is 6.18 Å². The number of ether oxygens (including phenoxy) is 3. The zero-order valence-electron chi connectivity index (χ0n) is 11.0. The summed E-state index contributed by atoms with van der Waals surface area (Å²) in [4.78, 5) is 0. The van der Waals surface area contributed by atoms with Crippen LogP contribution in [0.15, 0.2) is 12.1 Å². The van der Waals surface area contributed by atoms with E-state index in [9.17, 15) is 13.2 Å². The van der Waals surface area contributed by atoms with Gasteiger partial charge in [-0.05, 0) is 24.7 Å². The molecule has 1 rings (SSSR count). The molecule has 0 saturated carbocycles. The minimum Gasteiger partial charge on any atom is -0.493 e. The highest BCUT2D eigenvalue weighted by atomic mass is 35.5. The molecule has 1 N–H and O–H groups in total. The fourth-order valence-electron chi connectivity index (χ4n) is 1.48. The van der Waals surface area contributed by atoms with Gasteiger partial charge in [0.2, 0.25) is 0 Å². The van der Waals surface area contributed by atoms with Crippen LogP contribution < -0.4 is 14.8 Å². The summed E-state index contributed by atoms with van der Waals surface area (Å²) >= 11 is 6.01. The summed E-state index contributed by atoms with van der Waals surface area (Å²) in [6.45, 7) is -1.38. The number of rotatable bonds is 7. The summed E-state index contributed by atoms with van der Waals surface area (Å²) in [6.07, 6.45) is -4.39. The molecule has 0 aliphatic heterocycles. The van der Waals surface area contributed by atoms with Crippen LogP contribution in [-0.4, -0.2) is 33.7 Å². The first-order valence-electron chi connectivity index (χ1n) is 5.65. The van der Waals surface area contributed by atoms with Crippen molar-refractivity contribution < 1.29 is 27.4 Å². The van der Waals surface area contributed by atoms with Gasteiger partial charge in [0.05, 0.1) is 12.1 Å². The van der Waals surface area contributed by atoms with E-state index in [1.54, 1.807) is 19.2 Å². The molecule has 0 amide bonds. The van der Waals surface area contributed by atoms with Crippen LogP contribution in [0.2, 0.25) is 5.02 Å². The molecule has 0 aliphatic rings. The van der Waals surface area contributed by atoms with Crippen LogP contribution in [0.3, 0.4) is 0 Å². The van der Waals surface area contributed by atoms with Gasteiger partial charge in [0.1, 0.15) is 6.61 Å². The van der Waals surface area contributed by atoms with Gasteiger partial charge in [-0.1, -0.05) is 11.6 Å². The Hall–Kier alpha value is -1.18. The molecule has 0 radical (unpaired) electrons. The molecule has 0 saturated heterocycles. The maximum Gasteiger partial charge on any atom is 0.411 e. The smallest absolute Gasteiger partial charge is 0.411 e. The van der Waals surface area contributed by atoms with E-state index in [-0.39, 0.29) is 10.8 Å². The van der Waals surface area contributed by atoms with Gasteiger partial charge in [0.25, 0.3) is 0 Å². The zero-order valence-corrected chi connectivity index (χ0v) is 11.8. The SMILES string of the molecule is CNCc1cc(Cl)c(OCOCC(F)(F)F)c(OC)c1. The van der Waals surface area contributed by atoms with Crippen molar-refractivity contribution in [3.63, 3.8) is 0 Å². The first-order valence-corrected chi connectivity index (χ1v) is 6.03. The van der Waals surface area contributed by atoms with Gasteiger partial charge in [-0.15, -0.1) is 0 Å². The lowest BCUT2D eigenvalue weighted by Crippen LogP contribution is -2.19. The molecule has 4 nitrogen and oxygen atoms in total. The topological polar surface area (TPSA) is 39.7 Å². The van der Waals surface area contributed by atoms with Crippen molar-refractivity contribution in [2.75, 3.05) is 27.6 Å². The molecule has 8 heteroatoms. The van der Waals surface area contributed by atoms with Gasteiger partial charge in [-0.3, -0.25) is 0 Å². The van der Waals surface area contributed by atoms with Gasteiger partial charge in [-0.25, -0.2) is 0 Å². The molecule has 114 valence electrons. The Bertz CT molecular complexity index is 441. The average molecular weight is 314 g/mol. The van der Waals surface area contributed by atoms with Crippen LogP contribution in [0.5, 0.6) is 11.5 Å². The van der Waals surface area contributed by atoms with Crippen LogP contribution >= 0.6 is 11.6 Å². The van der Waals surface area contributed by atoms with E-state index in [1.165, 1.54) is 7.11 Å². The number of hydrogen-bond acceptors (Lipinski definition) is 4. The summed E-state index contributed by atoms with van der Waals surface area (Å²) in [5.74, 6) is 0.481. The van der Waals surface area contributed by atoms with Crippen LogP contribution in [0.4, 0.5) is 13.2 Å². The molecule has 20 heavy (non-hydrogen) atoms. The molecular formula is C12H15ClF3NO3. The number of nitrogens with one attached hydrogen (secondary N) is 1. The predicted molar refractivity (Wildman–Crippen MR) is 68.3 cm³/mol. The van der Waals surface area contributed by atoms with Crippen molar-refractivity contribution in [2.24, 2.45) is 0 Å². The molecule has 0 aliphatic carbocycles. The Labute approximate surface area is 119 Å². The second-order valence-electron chi connectivity index (χ2n) is 3.87. The Morgan fingerprint density at radius 3 is 2.55 bits per heavy atom. The summed E-state index contributed by atoms with van der Waals surface area (Å²) in [5.41, 5.74) is 0.859. The maximum atomic E-state index is 11.9. The number of halogens is 4.